The van der Waals surface area contributed by atoms with Crippen LogP contribution < -0.4 is 4.90 Å². The maximum atomic E-state index is 2.56. The SMILES string of the molecule is CCCN1CCCc2cc(CCCN(C)C)ccc21. The van der Waals surface area contributed by atoms with Crippen LogP contribution in [0, 0.1) is 0 Å². The standard InChI is InChI=1S/C17H28N2/c1-4-11-19-13-6-8-16-14-15(9-10-17(16)19)7-5-12-18(2)3/h9-10,14H,4-8,11-13H2,1-3H3. The predicted octanol–water partition coefficient (Wildman–Crippen LogP) is 3.34. The summed E-state index contributed by atoms with van der Waals surface area (Å²) in [6.45, 7) is 5.89. The van der Waals surface area contributed by atoms with Crippen molar-refractivity contribution < 1.29 is 0 Å². The molecule has 1 aliphatic rings. The van der Waals surface area contributed by atoms with Gasteiger partial charge < -0.3 is 9.80 Å². The Balaban J connectivity index is 2.02. The van der Waals surface area contributed by atoms with Gasteiger partial charge in [0.05, 0.1) is 0 Å². The second kappa shape index (κ2) is 6.95. The fourth-order valence-electron chi connectivity index (χ4n) is 2.99. The summed E-state index contributed by atoms with van der Waals surface area (Å²) in [5.74, 6) is 0. The highest BCUT2D eigenvalue weighted by Gasteiger charge is 2.16. The van der Waals surface area contributed by atoms with Crippen molar-refractivity contribution in [3.63, 3.8) is 0 Å². The normalized spacial score (nSPS) is 14.8. The number of anilines is 1. The highest BCUT2D eigenvalue weighted by molar-refractivity contribution is 5.56. The van der Waals surface area contributed by atoms with Crippen molar-refractivity contribution in [2.75, 3.05) is 38.6 Å². The molecule has 0 unspecified atom stereocenters. The molecule has 2 heteroatoms. The van der Waals surface area contributed by atoms with E-state index >= 15 is 0 Å². The summed E-state index contributed by atoms with van der Waals surface area (Å²) in [7, 11) is 4.30. The molecule has 0 atom stereocenters. The molecule has 1 aliphatic heterocycles. The molecule has 0 saturated heterocycles. The molecule has 1 aromatic rings. The van der Waals surface area contributed by atoms with Crippen LogP contribution in [0.4, 0.5) is 5.69 Å². The van der Waals surface area contributed by atoms with E-state index in [-0.39, 0.29) is 0 Å². The minimum absolute atomic E-state index is 1.18. The zero-order chi connectivity index (χ0) is 13.7. The lowest BCUT2D eigenvalue weighted by Gasteiger charge is -2.31. The average Bonchev–Trinajstić information content (AvgIpc) is 2.39. The largest absolute Gasteiger partial charge is 0.371 e. The third kappa shape index (κ3) is 3.97. The summed E-state index contributed by atoms with van der Waals surface area (Å²) in [6.07, 6.45) is 6.28. The Morgan fingerprint density at radius 1 is 1.26 bits per heavy atom. The molecule has 0 fully saturated rings. The molecule has 1 aromatic carbocycles. The van der Waals surface area contributed by atoms with Crippen LogP contribution >= 0.6 is 0 Å². The lowest BCUT2D eigenvalue weighted by molar-refractivity contribution is 0.400. The van der Waals surface area contributed by atoms with Crippen LogP contribution in [0.3, 0.4) is 0 Å². The van der Waals surface area contributed by atoms with Crippen molar-refractivity contribution in [1.29, 1.82) is 0 Å². The third-order valence-electron chi connectivity index (χ3n) is 3.92. The van der Waals surface area contributed by atoms with Crippen LogP contribution in [0.2, 0.25) is 0 Å². The Morgan fingerprint density at radius 3 is 2.84 bits per heavy atom. The van der Waals surface area contributed by atoms with Gasteiger partial charge in [-0.05, 0) is 69.9 Å². The monoisotopic (exact) mass is 260 g/mol. The highest BCUT2D eigenvalue weighted by Crippen LogP contribution is 2.28. The Hall–Kier alpha value is -1.02. The molecule has 0 aromatic heterocycles. The number of nitrogens with zero attached hydrogens (tertiary/aromatic N) is 2. The molecule has 19 heavy (non-hydrogen) atoms. The number of benzene rings is 1. The maximum absolute atomic E-state index is 2.56. The van der Waals surface area contributed by atoms with Crippen molar-refractivity contribution in [2.24, 2.45) is 0 Å². The molecule has 2 nitrogen and oxygen atoms in total. The Labute approximate surface area is 118 Å². The molecule has 2 rings (SSSR count). The zero-order valence-electron chi connectivity index (χ0n) is 12.8. The molecule has 106 valence electrons. The van der Waals surface area contributed by atoms with Crippen LogP contribution in [0.25, 0.3) is 0 Å². The van der Waals surface area contributed by atoms with Gasteiger partial charge in [-0.25, -0.2) is 0 Å². The van der Waals surface area contributed by atoms with E-state index in [0.29, 0.717) is 0 Å². The zero-order valence-corrected chi connectivity index (χ0v) is 12.8. The minimum Gasteiger partial charge on any atom is -0.371 e. The van der Waals surface area contributed by atoms with Crippen LogP contribution in [-0.2, 0) is 12.8 Å². The minimum atomic E-state index is 1.18. The van der Waals surface area contributed by atoms with Gasteiger partial charge in [0.2, 0.25) is 0 Å². The second-order valence-corrected chi connectivity index (χ2v) is 5.96. The van der Waals surface area contributed by atoms with Gasteiger partial charge in [-0.2, -0.15) is 0 Å². The molecule has 0 bridgehead atoms. The first kappa shape index (κ1) is 14.4. The molecule has 0 saturated carbocycles. The van der Waals surface area contributed by atoms with E-state index in [1.807, 2.05) is 0 Å². The highest BCUT2D eigenvalue weighted by atomic mass is 15.1. The fraction of sp³-hybridized carbons (Fsp3) is 0.647. The average molecular weight is 260 g/mol. The lowest BCUT2D eigenvalue weighted by Crippen LogP contribution is -2.30. The molecular weight excluding hydrogens is 232 g/mol. The summed E-state index contributed by atoms with van der Waals surface area (Å²) in [4.78, 5) is 4.82. The number of aryl methyl sites for hydroxylation is 2. The van der Waals surface area contributed by atoms with Gasteiger partial charge in [-0.15, -0.1) is 0 Å². The van der Waals surface area contributed by atoms with E-state index < -0.39 is 0 Å². The summed E-state index contributed by atoms with van der Waals surface area (Å²) in [6, 6.07) is 7.14. The van der Waals surface area contributed by atoms with Crippen LogP contribution in [-0.4, -0.2) is 38.6 Å². The summed E-state index contributed by atoms with van der Waals surface area (Å²) in [5, 5.41) is 0. The number of hydrogen-bond acceptors (Lipinski definition) is 2. The second-order valence-electron chi connectivity index (χ2n) is 5.96. The van der Waals surface area contributed by atoms with E-state index in [4.69, 9.17) is 0 Å². The number of fused-ring (bicyclic) bond motifs is 1. The maximum Gasteiger partial charge on any atom is 0.0398 e. The fourth-order valence-corrected chi connectivity index (χ4v) is 2.99. The van der Waals surface area contributed by atoms with E-state index in [9.17, 15) is 0 Å². The van der Waals surface area contributed by atoms with Crippen LogP contribution in [0.5, 0.6) is 0 Å². The molecule has 1 heterocycles. The Bertz CT molecular complexity index is 398. The van der Waals surface area contributed by atoms with E-state index in [1.165, 1.54) is 63.0 Å². The molecule has 0 spiro atoms. The Morgan fingerprint density at radius 2 is 2.11 bits per heavy atom. The van der Waals surface area contributed by atoms with Gasteiger partial charge >= 0.3 is 0 Å². The van der Waals surface area contributed by atoms with Gasteiger partial charge in [-0.1, -0.05) is 19.1 Å². The van der Waals surface area contributed by atoms with Crippen molar-refractivity contribution in [2.45, 2.75) is 39.0 Å². The predicted molar refractivity (Wildman–Crippen MR) is 84.1 cm³/mol. The van der Waals surface area contributed by atoms with Crippen molar-refractivity contribution >= 4 is 5.69 Å². The van der Waals surface area contributed by atoms with Gasteiger partial charge in [0, 0.05) is 18.8 Å². The van der Waals surface area contributed by atoms with Gasteiger partial charge in [0.25, 0.3) is 0 Å². The summed E-state index contributed by atoms with van der Waals surface area (Å²) >= 11 is 0. The van der Waals surface area contributed by atoms with Gasteiger partial charge in [0.15, 0.2) is 0 Å². The van der Waals surface area contributed by atoms with E-state index in [1.54, 1.807) is 5.56 Å². The van der Waals surface area contributed by atoms with Crippen LogP contribution in [0.15, 0.2) is 18.2 Å². The van der Waals surface area contributed by atoms with Crippen molar-refractivity contribution in [3.8, 4) is 0 Å². The molecule has 0 N–H and O–H groups in total. The first-order valence-electron chi connectivity index (χ1n) is 7.72. The number of rotatable bonds is 6. The quantitative estimate of drug-likeness (QED) is 0.774. The molecule has 0 aliphatic carbocycles. The van der Waals surface area contributed by atoms with E-state index in [0.717, 1.165) is 0 Å². The topological polar surface area (TPSA) is 6.48 Å². The van der Waals surface area contributed by atoms with Crippen LogP contribution in [0.1, 0.15) is 37.3 Å². The first-order chi connectivity index (χ1) is 9.20. The van der Waals surface area contributed by atoms with Gasteiger partial charge in [-0.3, -0.25) is 0 Å². The Kier molecular flexibility index (Phi) is 5.26. The smallest absolute Gasteiger partial charge is 0.0398 e. The van der Waals surface area contributed by atoms with Crippen molar-refractivity contribution in [1.82, 2.24) is 4.90 Å². The number of hydrogen-bond donors (Lipinski definition) is 0. The van der Waals surface area contributed by atoms with Crippen molar-refractivity contribution in [3.05, 3.63) is 29.3 Å². The first-order valence-corrected chi connectivity index (χ1v) is 7.72. The van der Waals surface area contributed by atoms with E-state index in [2.05, 4.69) is 49.0 Å². The lowest BCUT2D eigenvalue weighted by atomic mass is 9.97. The summed E-state index contributed by atoms with van der Waals surface area (Å²) < 4.78 is 0. The third-order valence-corrected chi connectivity index (χ3v) is 3.92. The summed E-state index contributed by atoms with van der Waals surface area (Å²) in [5.41, 5.74) is 4.57. The molecule has 0 amide bonds. The molecule has 0 radical (unpaired) electrons. The molecular formula is C17H28N2. The van der Waals surface area contributed by atoms with Gasteiger partial charge in [0.1, 0.15) is 0 Å².